The molecule has 314 valence electrons. The van der Waals surface area contributed by atoms with E-state index in [1.54, 1.807) is 0 Å². The van der Waals surface area contributed by atoms with Crippen LogP contribution in [-0.4, -0.2) is 139 Å². The zero-order valence-corrected chi connectivity index (χ0v) is 33.7. The third-order valence-corrected chi connectivity index (χ3v) is 16.5. The van der Waals surface area contributed by atoms with Gasteiger partial charge in [0.25, 0.3) is 0 Å². The molecule has 0 aromatic carbocycles. The monoisotopic (exact) mass is 780 g/mol. The zero-order valence-electron chi connectivity index (χ0n) is 33.7. The number of hydrogen-bond donors (Lipinski definition) is 8. The Balaban J connectivity index is 1.04. The Morgan fingerprint density at radius 2 is 1.40 bits per heavy atom. The molecule has 7 aliphatic rings. The van der Waals surface area contributed by atoms with Gasteiger partial charge in [0, 0.05) is 16.7 Å². The van der Waals surface area contributed by atoms with Crippen LogP contribution in [0.3, 0.4) is 0 Å². The molecule has 0 aromatic rings. The van der Waals surface area contributed by atoms with Gasteiger partial charge in [-0.2, -0.15) is 0 Å². The van der Waals surface area contributed by atoms with E-state index in [-0.39, 0.29) is 22.3 Å². The van der Waals surface area contributed by atoms with E-state index in [4.69, 9.17) is 23.7 Å². The quantitative estimate of drug-likeness (QED) is 0.150. The molecule has 3 aliphatic heterocycles. The van der Waals surface area contributed by atoms with Crippen molar-refractivity contribution in [1.82, 2.24) is 0 Å². The molecule has 13 heteroatoms. The van der Waals surface area contributed by atoms with Crippen LogP contribution in [0.2, 0.25) is 0 Å². The lowest BCUT2D eigenvalue weighted by molar-refractivity contribution is -0.329. The Kier molecular flexibility index (Phi) is 11.2. The molecule has 4 aliphatic carbocycles. The van der Waals surface area contributed by atoms with Gasteiger partial charge in [-0.25, -0.2) is 0 Å². The minimum absolute atomic E-state index is 0.00179. The first-order valence-corrected chi connectivity index (χ1v) is 20.7. The molecule has 3 saturated carbocycles. The Morgan fingerprint density at radius 1 is 0.782 bits per heavy atom. The first kappa shape index (κ1) is 42.1. The van der Waals surface area contributed by atoms with E-state index in [0.29, 0.717) is 30.3 Å². The van der Waals surface area contributed by atoms with E-state index in [2.05, 4.69) is 52.8 Å². The third kappa shape index (κ3) is 6.28. The van der Waals surface area contributed by atoms with Crippen molar-refractivity contribution in [3.05, 3.63) is 24.3 Å². The SMILES string of the molecule is CC(C/C=C/C(C)(C)OC1OC(CO)C(O)C(O)C1O)C1CCC2(C)C3C=CC45OCC3(CCC12C)C4CCC(OC1OC(CO)C(O)C(O)C1O)C5(C)C. The Hall–Kier alpha value is -1.04. The van der Waals surface area contributed by atoms with Gasteiger partial charge >= 0.3 is 0 Å². The van der Waals surface area contributed by atoms with Crippen molar-refractivity contribution in [2.45, 2.75) is 172 Å². The second-order valence-corrected chi connectivity index (χ2v) is 19.8. The lowest BCUT2D eigenvalue weighted by atomic mass is 9.38. The van der Waals surface area contributed by atoms with Crippen LogP contribution in [0, 0.1) is 45.3 Å². The summed E-state index contributed by atoms with van der Waals surface area (Å²) >= 11 is 0. The molecule has 6 fully saturated rings. The van der Waals surface area contributed by atoms with Gasteiger partial charge < -0.3 is 64.5 Å². The van der Waals surface area contributed by atoms with Gasteiger partial charge in [0.15, 0.2) is 12.6 Å². The van der Waals surface area contributed by atoms with Crippen LogP contribution in [0.4, 0.5) is 0 Å². The number of aliphatic hydroxyl groups is 8. The summed E-state index contributed by atoms with van der Waals surface area (Å²) in [5.41, 5.74) is -1.72. The molecule has 3 heterocycles. The maximum atomic E-state index is 10.8. The Bertz CT molecular complexity index is 1450. The summed E-state index contributed by atoms with van der Waals surface area (Å²) in [6.07, 6.45) is 2.30. The third-order valence-electron chi connectivity index (χ3n) is 16.5. The van der Waals surface area contributed by atoms with Crippen LogP contribution in [0.25, 0.3) is 0 Å². The van der Waals surface area contributed by atoms with Crippen molar-refractivity contribution in [1.29, 1.82) is 0 Å². The first-order chi connectivity index (χ1) is 25.7. The van der Waals surface area contributed by atoms with E-state index in [9.17, 15) is 40.9 Å². The van der Waals surface area contributed by atoms with Crippen molar-refractivity contribution in [2.24, 2.45) is 45.3 Å². The summed E-state index contributed by atoms with van der Waals surface area (Å²) < 4.78 is 31.0. The summed E-state index contributed by atoms with van der Waals surface area (Å²) in [5.74, 6) is 1.57. The van der Waals surface area contributed by atoms with Crippen molar-refractivity contribution >= 4 is 0 Å². The van der Waals surface area contributed by atoms with Gasteiger partial charge in [-0.1, -0.05) is 58.9 Å². The predicted molar refractivity (Wildman–Crippen MR) is 199 cm³/mol. The highest BCUT2D eigenvalue weighted by molar-refractivity contribution is 5.33. The summed E-state index contributed by atoms with van der Waals surface area (Å²) in [4.78, 5) is 0. The molecule has 55 heavy (non-hydrogen) atoms. The van der Waals surface area contributed by atoms with Gasteiger partial charge in [-0.05, 0) is 87.4 Å². The zero-order chi connectivity index (χ0) is 40.1. The summed E-state index contributed by atoms with van der Waals surface area (Å²) in [6.45, 7) is 15.1. The molecule has 2 bridgehead atoms. The van der Waals surface area contributed by atoms with Crippen LogP contribution in [0.5, 0.6) is 0 Å². The molecule has 8 N–H and O–H groups in total. The van der Waals surface area contributed by atoms with Gasteiger partial charge in [-0.3, -0.25) is 0 Å². The fourth-order valence-corrected chi connectivity index (χ4v) is 13.0. The molecule has 0 radical (unpaired) electrons. The topological polar surface area (TPSA) is 208 Å². The summed E-state index contributed by atoms with van der Waals surface area (Å²) in [6, 6.07) is 0. The number of allylic oxidation sites excluding steroid dienone is 2. The average molecular weight is 781 g/mol. The maximum Gasteiger partial charge on any atom is 0.187 e. The molecule has 1 spiro atoms. The van der Waals surface area contributed by atoms with Crippen molar-refractivity contribution in [3.8, 4) is 0 Å². The minimum Gasteiger partial charge on any atom is -0.394 e. The van der Waals surface area contributed by atoms with Crippen LogP contribution < -0.4 is 0 Å². The lowest BCUT2D eigenvalue weighted by Gasteiger charge is -2.65. The second-order valence-electron chi connectivity index (χ2n) is 19.8. The van der Waals surface area contributed by atoms with Gasteiger partial charge in [0.2, 0.25) is 0 Å². The Morgan fingerprint density at radius 3 is 2.04 bits per heavy atom. The first-order valence-electron chi connectivity index (χ1n) is 20.7. The summed E-state index contributed by atoms with van der Waals surface area (Å²) in [7, 11) is 0. The molecule has 7 rings (SSSR count). The average Bonchev–Trinajstić information content (AvgIpc) is 3.54. The van der Waals surface area contributed by atoms with E-state index in [1.165, 1.54) is 0 Å². The number of fused-ring (bicyclic) bond motifs is 2. The normalized spacial score (nSPS) is 52.5. The van der Waals surface area contributed by atoms with Gasteiger partial charge in [-0.15, -0.1) is 0 Å². The Labute approximate surface area is 325 Å². The number of hydrogen-bond acceptors (Lipinski definition) is 13. The van der Waals surface area contributed by atoms with Crippen LogP contribution in [0.1, 0.15) is 93.4 Å². The molecule has 19 atom stereocenters. The predicted octanol–water partition coefficient (Wildman–Crippen LogP) is 1.94. The standard InChI is InChI=1S/C42H68O13/c1-22(9-8-14-37(2,3)55-36-34(50)32(48)30(46)25(20-44)53-36)23-12-15-40(7)26-13-16-42-27(41(26,21-51-42)18-17-39(23,40)6)10-11-28(38(42,4)5)54-35-33(49)31(47)29(45)24(19-43)52-35/h8,13-14,16,22-36,43-50H,9-12,15,17-21H2,1-7H3/b14-8+. The van der Waals surface area contributed by atoms with Crippen LogP contribution in [0.15, 0.2) is 24.3 Å². The van der Waals surface area contributed by atoms with Gasteiger partial charge in [0.1, 0.15) is 48.8 Å². The number of aliphatic hydroxyl groups excluding tert-OH is 8. The summed E-state index contributed by atoms with van der Waals surface area (Å²) in [5, 5.41) is 81.8. The fourth-order valence-electron chi connectivity index (χ4n) is 13.0. The van der Waals surface area contributed by atoms with Crippen molar-refractivity contribution in [3.63, 3.8) is 0 Å². The molecular weight excluding hydrogens is 712 g/mol. The van der Waals surface area contributed by atoms with Crippen LogP contribution in [-0.2, 0) is 23.7 Å². The largest absolute Gasteiger partial charge is 0.394 e. The molecule has 3 saturated heterocycles. The number of rotatable bonds is 10. The minimum atomic E-state index is -1.49. The fraction of sp³-hybridized carbons (Fsp3) is 0.905. The molecular formula is C42H68O13. The van der Waals surface area contributed by atoms with E-state index in [1.807, 2.05) is 19.9 Å². The van der Waals surface area contributed by atoms with E-state index < -0.39 is 91.2 Å². The molecule has 19 unspecified atom stereocenters. The van der Waals surface area contributed by atoms with Crippen molar-refractivity contribution < 1.29 is 64.5 Å². The second kappa shape index (κ2) is 14.6. The lowest BCUT2D eigenvalue weighted by Crippen LogP contribution is -2.66. The molecule has 13 nitrogen and oxygen atoms in total. The highest BCUT2D eigenvalue weighted by Crippen LogP contribution is 2.77. The number of ether oxygens (including phenoxy) is 5. The maximum absolute atomic E-state index is 10.8. The smallest absolute Gasteiger partial charge is 0.187 e. The highest BCUT2D eigenvalue weighted by atomic mass is 16.7. The molecule has 0 amide bonds. The van der Waals surface area contributed by atoms with Gasteiger partial charge in [0.05, 0.1) is 37.1 Å². The molecule has 0 aromatic heterocycles. The van der Waals surface area contributed by atoms with Crippen molar-refractivity contribution in [2.75, 3.05) is 19.8 Å². The van der Waals surface area contributed by atoms with Crippen LogP contribution >= 0.6 is 0 Å². The highest BCUT2D eigenvalue weighted by Gasteiger charge is 2.75. The van der Waals surface area contributed by atoms with E-state index in [0.717, 1.165) is 44.9 Å². The van der Waals surface area contributed by atoms with E-state index >= 15 is 0 Å².